The Balaban J connectivity index is 1.75. The molecule has 0 saturated heterocycles. The Morgan fingerprint density at radius 2 is 1.59 bits per heavy atom. The summed E-state index contributed by atoms with van der Waals surface area (Å²) in [6.07, 6.45) is 3.77. The Morgan fingerprint density at radius 3 is 2.21 bits per heavy atom. The molecule has 0 unspecified atom stereocenters. The van der Waals surface area contributed by atoms with Gasteiger partial charge in [0.05, 0.1) is 6.21 Å². The van der Waals surface area contributed by atoms with Gasteiger partial charge in [0, 0.05) is 18.5 Å². The fourth-order valence-corrected chi connectivity index (χ4v) is 2.63. The molecule has 5 heteroatoms. The lowest BCUT2D eigenvalue weighted by atomic mass is 10.0. The number of carbonyl (C=O) groups is 2. The number of carbonyl (C=O) groups excluding carboxylic acids is 2. The summed E-state index contributed by atoms with van der Waals surface area (Å²) in [5, 5.41) is 6.73. The summed E-state index contributed by atoms with van der Waals surface area (Å²) in [5.74, 6) is 0.00756. The van der Waals surface area contributed by atoms with Crippen LogP contribution >= 0.6 is 0 Å². The van der Waals surface area contributed by atoms with Crippen molar-refractivity contribution < 1.29 is 9.59 Å². The van der Waals surface area contributed by atoms with Gasteiger partial charge in [-0.25, -0.2) is 5.43 Å². The Kier molecular flexibility index (Phi) is 8.34. The molecule has 0 aliphatic rings. The second-order valence-corrected chi connectivity index (χ2v) is 7.42. The maximum Gasteiger partial charge on any atom is 0.240 e. The average Bonchev–Trinajstić information content (AvgIpc) is 2.68. The van der Waals surface area contributed by atoms with Gasteiger partial charge >= 0.3 is 0 Å². The molecule has 0 aliphatic carbocycles. The van der Waals surface area contributed by atoms with E-state index in [0.717, 1.165) is 22.4 Å². The van der Waals surface area contributed by atoms with Crippen molar-refractivity contribution in [3.8, 4) is 0 Å². The van der Waals surface area contributed by atoms with Crippen molar-refractivity contribution in [2.75, 3.05) is 5.32 Å². The first-order valence-corrected chi connectivity index (χ1v) is 9.80. The van der Waals surface area contributed by atoms with Gasteiger partial charge < -0.3 is 5.32 Å². The number of hydrogen-bond donors (Lipinski definition) is 2. The van der Waals surface area contributed by atoms with Crippen LogP contribution in [0.4, 0.5) is 5.69 Å². The molecule has 2 aromatic carbocycles. The molecule has 0 saturated carbocycles. The van der Waals surface area contributed by atoms with Crippen molar-refractivity contribution in [2.45, 2.75) is 46.5 Å². The predicted octanol–water partition coefficient (Wildman–Crippen LogP) is 5.04. The van der Waals surface area contributed by atoms with Crippen molar-refractivity contribution >= 4 is 29.8 Å². The molecule has 29 heavy (non-hydrogen) atoms. The second-order valence-electron chi connectivity index (χ2n) is 7.42. The molecule has 0 heterocycles. The first-order valence-electron chi connectivity index (χ1n) is 9.80. The Morgan fingerprint density at radius 1 is 0.966 bits per heavy atom. The number of amides is 2. The lowest BCUT2D eigenvalue weighted by Crippen LogP contribution is -2.20. The summed E-state index contributed by atoms with van der Waals surface area (Å²) < 4.78 is 0. The number of allylic oxidation sites excluding steroid dienone is 1. The second kappa shape index (κ2) is 11.0. The molecule has 152 valence electrons. The van der Waals surface area contributed by atoms with Gasteiger partial charge in [-0.15, -0.1) is 0 Å². The van der Waals surface area contributed by atoms with Crippen molar-refractivity contribution in [1.29, 1.82) is 0 Å². The van der Waals surface area contributed by atoms with E-state index in [2.05, 4.69) is 54.0 Å². The third-order valence-corrected chi connectivity index (χ3v) is 4.37. The minimum absolute atomic E-state index is 0.0778. The van der Waals surface area contributed by atoms with E-state index >= 15 is 0 Å². The number of hydrazone groups is 1. The summed E-state index contributed by atoms with van der Waals surface area (Å²) in [4.78, 5) is 23.8. The normalized spacial score (nSPS) is 11.7. The molecule has 2 aromatic rings. The predicted molar refractivity (Wildman–Crippen MR) is 120 cm³/mol. The van der Waals surface area contributed by atoms with Crippen LogP contribution in [-0.2, 0) is 9.59 Å². The Hall–Kier alpha value is -3.21. The zero-order valence-electron chi connectivity index (χ0n) is 17.5. The van der Waals surface area contributed by atoms with Crippen molar-refractivity contribution in [3.63, 3.8) is 0 Å². The number of nitrogens with one attached hydrogen (secondary N) is 2. The highest BCUT2D eigenvalue weighted by atomic mass is 16.2. The highest BCUT2D eigenvalue weighted by Gasteiger charge is 2.06. The maximum absolute atomic E-state index is 11.9. The van der Waals surface area contributed by atoms with Crippen LogP contribution in [0, 0.1) is 6.92 Å². The van der Waals surface area contributed by atoms with Gasteiger partial charge in [-0.05, 0) is 48.6 Å². The topological polar surface area (TPSA) is 70.6 Å². The van der Waals surface area contributed by atoms with Gasteiger partial charge in [-0.2, -0.15) is 5.10 Å². The van der Waals surface area contributed by atoms with Crippen LogP contribution in [0.1, 0.15) is 56.2 Å². The van der Waals surface area contributed by atoms with E-state index in [9.17, 15) is 9.59 Å². The lowest BCUT2D eigenvalue weighted by molar-refractivity contribution is -0.124. The quantitative estimate of drug-likeness (QED) is 0.489. The molecule has 0 bridgehead atoms. The fraction of sp³-hybridized carbons (Fsp3) is 0.292. The molecule has 2 amide bonds. The molecule has 2 N–H and O–H groups in total. The molecule has 0 atom stereocenters. The number of benzene rings is 2. The highest BCUT2D eigenvalue weighted by Crippen LogP contribution is 2.16. The van der Waals surface area contributed by atoms with Crippen LogP contribution in [0.3, 0.4) is 0 Å². The average molecular weight is 392 g/mol. The molecule has 0 aromatic heterocycles. The highest BCUT2D eigenvalue weighted by molar-refractivity contribution is 5.93. The van der Waals surface area contributed by atoms with Gasteiger partial charge in [0.1, 0.15) is 0 Å². The van der Waals surface area contributed by atoms with Crippen molar-refractivity contribution in [2.24, 2.45) is 5.10 Å². The summed E-state index contributed by atoms with van der Waals surface area (Å²) in [5.41, 5.74) is 7.60. The Bertz CT molecular complexity index is 879. The fourth-order valence-electron chi connectivity index (χ4n) is 2.63. The van der Waals surface area contributed by atoms with Gasteiger partial charge in [0.15, 0.2) is 0 Å². The van der Waals surface area contributed by atoms with Crippen LogP contribution < -0.4 is 10.7 Å². The summed E-state index contributed by atoms with van der Waals surface area (Å²) in [6.45, 7) is 8.23. The zero-order chi connectivity index (χ0) is 21.2. The number of nitrogens with zero attached hydrogens (tertiary/aromatic N) is 1. The molecular weight excluding hydrogens is 362 g/mol. The van der Waals surface area contributed by atoms with Gasteiger partial charge in [-0.3, -0.25) is 9.59 Å². The standard InChI is InChI=1S/C24H29N3O2/c1-17(2)21-9-7-20(8-10-21)15-19(4)16-25-27-24(29)14-13-23(28)26-22-11-5-18(3)6-12-22/h5-12,15-17H,13-14H2,1-4H3,(H,26,28)(H,27,29)/b19-15+,25-16-. The van der Waals surface area contributed by atoms with Crippen molar-refractivity contribution in [3.05, 3.63) is 70.8 Å². The monoisotopic (exact) mass is 391 g/mol. The molecule has 0 radical (unpaired) electrons. The van der Waals surface area contributed by atoms with Gasteiger partial charge in [-0.1, -0.05) is 61.9 Å². The number of hydrogen-bond acceptors (Lipinski definition) is 3. The smallest absolute Gasteiger partial charge is 0.240 e. The van der Waals surface area contributed by atoms with E-state index in [-0.39, 0.29) is 24.7 Å². The Labute approximate surface area is 172 Å². The van der Waals surface area contributed by atoms with Crippen LogP contribution in [0.25, 0.3) is 6.08 Å². The summed E-state index contributed by atoms with van der Waals surface area (Å²) >= 11 is 0. The molecule has 2 rings (SSSR count). The largest absolute Gasteiger partial charge is 0.326 e. The zero-order valence-corrected chi connectivity index (χ0v) is 17.5. The first-order chi connectivity index (χ1) is 13.8. The minimum Gasteiger partial charge on any atom is -0.326 e. The first kappa shape index (κ1) is 22.1. The van der Waals surface area contributed by atoms with Crippen LogP contribution in [-0.4, -0.2) is 18.0 Å². The van der Waals surface area contributed by atoms with E-state index in [4.69, 9.17) is 0 Å². The maximum atomic E-state index is 11.9. The molecule has 0 fully saturated rings. The van der Waals surface area contributed by atoms with E-state index in [1.165, 1.54) is 5.56 Å². The van der Waals surface area contributed by atoms with E-state index in [1.54, 1.807) is 6.21 Å². The van der Waals surface area contributed by atoms with Crippen molar-refractivity contribution in [1.82, 2.24) is 5.43 Å². The van der Waals surface area contributed by atoms with Gasteiger partial charge in [0.25, 0.3) is 0 Å². The number of anilines is 1. The third kappa shape index (κ3) is 8.13. The van der Waals surface area contributed by atoms with Crippen LogP contribution in [0.5, 0.6) is 0 Å². The summed E-state index contributed by atoms with van der Waals surface area (Å²) in [6, 6.07) is 15.9. The van der Waals surface area contributed by atoms with Crippen LogP contribution in [0.2, 0.25) is 0 Å². The minimum atomic E-state index is -0.297. The number of rotatable bonds is 8. The number of aryl methyl sites for hydroxylation is 1. The molecule has 5 nitrogen and oxygen atoms in total. The SMILES string of the molecule is CC(/C=N\NC(=O)CCC(=O)Nc1ccc(C)cc1)=C\c1ccc(C(C)C)cc1. The van der Waals surface area contributed by atoms with Crippen LogP contribution in [0.15, 0.2) is 59.2 Å². The molecule has 0 aliphatic heterocycles. The summed E-state index contributed by atoms with van der Waals surface area (Å²) in [7, 11) is 0. The molecule has 0 spiro atoms. The van der Waals surface area contributed by atoms with E-state index < -0.39 is 0 Å². The third-order valence-electron chi connectivity index (χ3n) is 4.37. The molecular formula is C24H29N3O2. The van der Waals surface area contributed by atoms with E-state index in [0.29, 0.717) is 5.92 Å². The van der Waals surface area contributed by atoms with E-state index in [1.807, 2.05) is 44.2 Å². The lowest BCUT2D eigenvalue weighted by Gasteiger charge is -2.05. The van der Waals surface area contributed by atoms with Gasteiger partial charge in [0.2, 0.25) is 11.8 Å².